The predicted octanol–water partition coefficient (Wildman–Crippen LogP) is 5.97. The SMILES string of the molecule is O=C(Nc1ccccc1I)c1cc2sc3ccccc3c2s1. The number of para-hydroxylation sites is 1. The first-order chi connectivity index (χ1) is 10.7. The summed E-state index contributed by atoms with van der Waals surface area (Å²) in [6.45, 7) is 0. The van der Waals surface area contributed by atoms with Crippen LogP contribution in [-0.4, -0.2) is 5.91 Å². The van der Waals surface area contributed by atoms with Crippen molar-refractivity contribution in [2.75, 3.05) is 5.32 Å². The molecular weight excluding hydrogens is 425 g/mol. The summed E-state index contributed by atoms with van der Waals surface area (Å²) in [6, 6.07) is 18.1. The zero-order chi connectivity index (χ0) is 15.1. The van der Waals surface area contributed by atoms with E-state index in [9.17, 15) is 4.79 Å². The summed E-state index contributed by atoms with van der Waals surface area (Å²) in [7, 11) is 0. The molecule has 4 aromatic rings. The molecule has 0 saturated carbocycles. The van der Waals surface area contributed by atoms with Crippen molar-refractivity contribution in [1.82, 2.24) is 0 Å². The first-order valence-corrected chi connectivity index (χ1v) is 9.40. The third kappa shape index (κ3) is 2.43. The molecule has 0 fully saturated rings. The summed E-state index contributed by atoms with van der Waals surface area (Å²) < 4.78 is 4.69. The molecule has 2 heterocycles. The molecular formula is C17H10INOS2. The van der Waals surface area contributed by atoms with E-state index in [4.69, 9.17) is 0 Å². The number of hydrogen-bond acceptors (Lipinski definition) is 3. The van der Waals surface area contributed by atoms with E-state index in [-0.39, 0.29) is 5.91 Å². The highest BCUT2D eigenvalue weighted by Crippen LogP contribution is 2.39. The zero-order valence-electron chi connectivity index (χ0n) is 11.3. The normalized spacial score (nSPS) is 11.1. The zero-order valence-corrected chi connectivity index (χ0v) is 15.1. The van der Waals surface area contributed by atoms with E-state index in [1.54, 1.807) is 22.7 Å². The number of anilines is 1. The van der Waals surface area contributed by atoms with E-state index in [1.807, 2.05) is 42.5 Å². The molecule has 0 unspecified atom stereocenters. The van der Waals surface area contributed by atoms with Gasteiger partial charge in [-0.05, 0) is 46.9 Å². The van der Waals surface area contributed by atoms with Gasteiger partial charge in [0, 0.05) is 18.4 Å². The maximum Gasteiger partial charge on any atom is 0.265 e. The van der Waals surface area contributed by atoms with Crippen LogP contribution in [0.5, 0.6) is 0 Å². The molecule has 22 heavy (non-hydrogen) atoms. The van der Waals surface area contributed by atoms with E-state index >= 15 is 0 Å². The standard InChI is InChI=1S/C17H10INOS2/c18-11-6-2-3-7-12(11)19-17(20)15-9-14-16(22-15)10-5-1-4-8-13(10)21-14/h1-9H,(H,19,20). The first kappa shape index (κ1) is 14.2. The third-order valence-corrected chi connectivity index (χ3v) is 6.75. The van der Waals surface area contributed by atoms with Gasteiger partial charge in [-0.3, -0.25) is 4.79 Å². The molecule has 0 saturated heterocycles. The molecule has 108 valence electrons. The monoisotopic (exact) mass is 435 g/mol. The molecule has 0 aliphatic heterocycles. The first-order valence-electron chi connectivity index (χ1n) is 6.69. The number of rotatable bonds is 2. The summed E-state index contributed by atoms with van der Waals surface area (Å²) in [5.74, 6) is -0.0402. The van der Waals surface area contributed by atoms with Gasteiger partial charge >= 0.3 is 0 Å². The van der Waals surface area contributed by atoms with Crippen molar-refractivity contribution < 1.29 is 4.79 Å². The molecule has 2 aromatic heterocycles. The Labute approximate surface area is 148 Å². The molecule has 1 N–H and O–H groups in total. The van der Waals surface area contributed by atoms with Crippen LogP contribution >= 0.6 is 45.3 Å². The molecule has 4 rings (SSSR count). The van der Waals surface area contributed by atoms with Gasteiger partial charge in [-0.1, -0.05) is 30.3 Å². The van der Waals surface area contributed by atoms with Crippen molar-refractivity contribution in [2.24, 2.45) is 0 Å². The van der Waals surface area contributed by atoms with E-state index < -0.39 is 0 Å². The quantitative estimate of drug-likeness (QED) is 0.386. The highest BCUT2D eigenvalue weighted by atomic mass is 127. The van der Waals surface area contributed by atoms with Crippen molar-refractivity contribution in [1.29, 1.82) is 0 Å². The number of hydrogen-bond donors (Lipinski definition) is 1. The summed E-state index contributed by atoms with van der Waals surface area (Å²) >= 11 is 5.53. The second-order valence-electron chi connectivity index (χ2n) is 4.84. The van der Waals surface area contributed by atoms with Crippen LogP contribution in [0.3, 0.4) is 0 Å². The maximum atomic E-state index is 12.5. The summed E-state index contributed by atoms with van der Waals surface area (Å²) in [5.41, 5.74) is 0.856. The Kier molecular flexibility index (Phi) is 3.63. The molecule has 0 aliphatic carbocycles. The topological polar surface area (TPSA) is 29.1 Å². The average Bonchev–Trinajstić information content (AvgIpc) is 3.07. The van der Waals surface area contributed by atoms with Crippen LogP contribution in [-0.2, 0) is 0 Å². The number of carbonyl (C=O) groups excluding carboxylic acids is 1. The minimum absolute atomic E-state index is 0.0402. The van der Waals surface area contributed by atoms with Crippen LogP contribution in [0.15, 0.2) is 54.6 Å². The number of thiophene rings is 2. The lowest BCUT2D eigenvalue weighted by Gasteiger charge is -2.05. The van der Waals surface area contributed by atoms with Gasteiger partial charge < -0.3 is 5.32 Å². The van der Waals surface area contributed by atoms with E-state index in [2.05, 4.69) is 40.0 Å². The van der Waals surface area contributed by atoms with Crippen LogP contribution in [0.2, 0.25) is 0 Å². The van der Waals surface area contributed by atoms with Gasteiger partial charge in [-0.2, -0.15) is 0 Å². The summed E-state index contributed by atoms with van der Waals surface area (Å²) in [6.07, 6.45) is 0. The Morgan fingerprint density at radius 2 is 1.73 bits per heavy atom. The van der Waals surface area contributed by atoms with Crippen molar-refractivity contribution in [2.45, 2.75) is 0 Å². The minimum atomic E-state index is -0.0402. The number of carbonyl (C=O) groups is 1. The van der Waals surface area contributed by atoms with Crippen molar-refractivity contribution in [3.8, 4) is 0 Å². The van der Waals surface area contributed by atoms with Gasteiger partial charge in [-0.25, -0.2) is 0 Å². The Morgan fingerprint density at radius 3 is 2.59 bits per heavy atom. The minimum Gasteiger partial charge on any atom is -0.320 e. The third-order valence-electron chi connectivity index (χ3n) is 3.40. The molecule has 0 aliphatic rings. The fraction of sp³-hybridized carbons (Fsp3) is 0. The van der Waals surface area contributed by atoms with Crippen LogP contribution in [0, 0.1) is 3.57 Å². The van der Waals surface area contributed by atoms with Crippen molar-refractivity contribution in [3.63, 3.8) is 0 Å². The number of nitrogens with one attached hydrogen (secondary N) is 1. The average molecular weight is 435 g/mol. The lowest BCUT2D eigenvalue weighted by molar-refractivity contribution is 0.103. The number of halogens is 1. The van der Waals surface area contributed by atoms with Crippen LogP contribution in [0.4, 0.5) is 5.69 Å². The van der Waals surface area contributed by atoms with Gasteiger partial charge in [0.25, 0.3) is 5.91 Å². The Morgan fingerprint density at radius 1 is 0.955 bits per heavy atom. The Hall–Kier alpha value is -1.44. The molecule has 1 amide bonds. The molecule has 0 spiro atoms. The van der Waals surface area contributed by atoms with Gasteiger partial charge in [0.2, 0.25) is 0 Å². The molecule has 2 aromatic carbocycles. The molecule has 0 bridgehead atoms. The summed E-state index contributed by atoms with van der Waals surface area (Å²) in [4.78, 5) is 13.2. The fourth-order valence-electron chi connectivity index (χ4n) is 2.36. The molecule has 0 atom stereocenters. The largest absolute Gasteiger partial charge is 0.320 e. The number of fused-ring (bicyclic) bond motifs is 3. The lowest BCUT2D eigenvalue weighted by Crippen LogP contribution is -2.10. The van der Waals surface area contributed by atoms with Crippen LogP contribution in [0.25, 0.3) is 19.5 Å². The molecule has 0 radical (unpaired) electrons. The highest BCUT2D eigenvalue weighted by molar-refractivity contribution is 14.1. The molecule has 5 heteroatoms. The van der Waals surface area contributed by atoms with E-state index in [1.165, 1.54) is 19.5 Å². The van der Waals surface area contributed by atoms with Crippen molar-refractivity contribution >= 4 is 76.3 Å². The van der Waals surface area contributed by atoms with Crippen LogP contribution < -0.4 is 5.32 Å². The predicted molar refractivity (Wildman–Crippen MR) is 104 cm³/mol. The second-order valence-corrected chi connectivity index (χ2v) is 8.13. The van der Waals surface area contributed by atoms with Crippen molar-refractivity contribution in [3.05, 3.63) is 63.0 Å². The van der Waals surface area contributed by atoms with E-state index in [0.29, 0.717) is 0 Å². The summed E-state index contributed by atoms with van der Waals surface area (Å²) in [5, 5.41) is 4.23. The van der Waals surface area contributed by atoms with E-state index in [0.717, 1.165) is 14.1 Å². The molecule has 2 nitrogen and oxygen atoms in total. The highest BCUT2D eigenvalue weighted by Gasteiger charge is 2.15. The fourth-order valence-corrected chi connectivity index (χ4v) is 5.30. The lowest BCUT2D eigenvalue weighted by atomic mass is 10.2. The Balaban J connectivity index is 1.72. The number of benzene rings is 2. The number of amides is 1. The Bertz CT molecular complexity index is 1000. The van der Waals surface area contributed by atoms with Gasteiger partial charge in [-0.15, -0.1) is 22.7 Å². The van der Waals surface area contributed by atoms with Crippen LogP contribution in [0.1, 0.15) is 9.67 Å². The maximum absolute atomic E-state index is 12.5. The van der Waals surface area contributed by atoms with Gasteiger partial charge in [0.05, 0.1) is 15.3 Å². The van der Waals surface area contributed by atoms with Gasteiger partial charge in [0.15, 0.2) is 0 Å². The smallest absolute Gasteiger partial charge is 0.265 e. The van der Waals surface area contributed by atoms with Gasteiger partial charge in [0.1, 0.15) is 0 Å². The second kappa shape index (κ2) is 5.64.